The molecule has 0 saturated carbocycles. The molecule has 0 aliphatic carbocycles. The van der Waals surface area contributed by atoms with Crippen LogP contribution in [0, 0.1) is 0 Å². The average molecular weight is 270 g/mol. The fraction of sp³-hybridized carbons (Fsp3) is 0.308. The minimum atomic E-state index is -4.42. The van der Waals surface area contributed by atoms with Crippen LogP contribution < -0.4 is 0 Å². The molecule has 0 radical (unpaired) electrons. The molecule has 1 aromatic heterocycles. The highest BCUT2D eigenvalue weighted by atomic mass is 19.4. The zero-order valence-electron chi connectivity index (χ0n) is 10.3. The van der Waals surface area contributed by atoms with Crippen LogP contribution in [-0.2, 0) is 31.2 Å². The highest BCUT2D eigenvalue weighted by Gasteiger charge is 2.34. The lowest BCUT2D eigenvalue weighted by Gasteiger charge is -2.04. The van der Waals surface area contributed by atoms with Crippen LogP contribution in [0.2, 0.25) is 0 Å². The van der Waals surface area contributed by atoms with Crippen LogP contribution >= 0.6 is 0 Å². The number of ether oxygens (including phenoxy) is 1. The van der Waals surface area contributed by atoms with Gasteiger partial charge in [0.05, 0.1) is 6.61 Å². The Hall–Kier alpha value is -1.82. The van der Waals surface area contributed by atoms with Gasteiger partial charge in [0.2, 0.25) is 0 Å². The number of aryl methyl sites for hydroxylation is 1. The van der Waals surface area contributed by atoms with Crippen molar-refractivity contribution in [3.05, 3.63) is 53.6 Å². The zero-order valence-corrected chi connectivity index (χ0v) is 10.3. The molecule has 0 amide bonds. The van der Waals surface area contributed by atoms with Crippen LogP contribution in [0.25, 0.3) is 0 Å². The van der Waals surface area contributed by atoms with E-state index in [9.17, 15) is 13.2 Å². The number of aromatic nitrogens is 2. The smallest absolute Gasteiger partial charge is 0.369 e. The van der Waals surface area contributed by atoms with E-state index in [-0.39, 0.29) is 12.4 Å². The van der Waals surface area contributed by atoms with Crippen LogP contribution in [0.4, 0.5) is 13.2 Å². The van der Waals surface area contributed by atoms with Gasteiger partial charge in [0, 0.05) is 13.2 Å². The van der Waals surface area contributed by atoms with Gasteiger partial charge >= 0.3 is 6.18 Å². The summed E-state index contributed by atoms with van der Waals surface area (Å²) in [6.45, 7) is 0.385. The highest BCUT2D eigenvalue weighted by Crippen LogP contribution is 2.28. The van der Waals surface area contributed by atoms with Crippen molar-refractivity contribution in [2.75, 3.05) is 0 Å². The summed E-state index contributed by atoms with van der Waals surface area (Å²) in [6, 6.07) is 9.42. The van der Waals surface area contributed by atoms with Crippen LogP contribution in [0.1, 0.15) is 17.1 Å². The third-order valence-corrected chi connectivity index (χ3v) is 2.61. The molecular weight excluding hydrogens is 257 g/mol. The predicted octanol–water partition coefficient (Wildman–Crippen LogP) is 3.16. The van der Waals surface area contributed by atoms with Crippen LogP contribution in [0.15, 0.2) is 36.5 Å². The zero-order chi connectivity index (χ0) is 13.9. The Balaban J connectivity index is 1.95. The van der Waals surface area contributed by atoms with E-state index in [1.54, 1.807) is 0 Å². The monoisotopic (exact) mass is 270 g/mol. The normalized spacial score (nSPS) is 11.8. The number of nitrogens with zero attached hydrogens (tertiary/aromatic N) is 2. The minimum Gasteiger partial charge on any atom is -0.369 e. The lowest BCUT2D eigenvalue weighted by molar-refractivity contribution is -0.141. The van der Waals surface area contributed by atoms with E-state index in [4.69, 9.17) is 4.74 Å². The van der Waals surface area contributed by atoms with Crippen LogP contribution in [0.5, 0.6) is 0 Å². The molecule has 0 atom stereocenters. The number of halogens is 3. The first kappa shape index (κ1) is 13.6. The van der Waals surface area contributed by atoms with Gasteiger partial charge in [-0.2, -0.15) is 13.2 Å². The minimum absolute atomic E-state index is 0.0431. The summed E-state index contributed by atoms with van der Waals surface area (Å²) < 4.78 is 44.0. The first-order valence-corrected chi connectivity index (χ1v) is 5.68. The van der Waals surface area contributed by atoms with E-state index < -0.39 is 11.9 Å². The average Bonchev–Trinajstić information content (AvgIpc) is 2.72. The summed E-state index contributed by atoms with van der Waals surface area (Å²) in [7, 11) is 1.52. The Labute approximate surface area is 108 Å². The van der Waals surface area contributed by atoms with Crippen molar-refractivity contribution in [1.82, 2.24) is 9.55 Å². The second kappa shape index (κ2) is 5.44. The molecule has 0 fully saturated rings. The first-order chi connectivity index (χ1) is 8.97. The quantitative estimate of drug-likeness (QED) is 0.853. The van der Waals surface area contributed by atoms with E-state index in [1.165, 1.54) is 11.6 Å². The molecule has 3 nitrogen and oxygen atoms in total. The summed E-state index contributed by atoms with van der Waals surface area (Å²) >= 11 is 0. The van der Waals surface area contributed by atoms with Gasteiger partial charge in [0.25, 0.3) is 0 Å². The third-order valence-electron chi connectivity index (χ3n) is 2.61. The Morgan fingerprint density at radius 3 is 2.42 bits per heavy atom. The molecule has 0 N–H and O–H groups in total. The van der Waals surface area contributed by atoms with Gasteiger partial charge in [-0.25, -0.2) is 4.98 Å². The molecular formula is C13H13F3N2O. The number of hydrogen-bond donors (Lipinski definition) is 0. The largest absolute Gasteiger partial charge is 0.434 e. The van der Waals surface area contributed by atoms with E-state index in [0.717, 1.165) is 11.8 Å². The number of imidazole rings is 1. The SMILES string of the molecule is Cn1cc(C(F)(F)F)nc1COCc1ccccc1. The second-order valence-electron chi connectivity index (χ2n) is 4.13. The maximum absolute atomic E-state index is 12.5. The summed E-state index contributed by atoms with van der Waals surface area (Å²) in [4.78, 5) is 3.53. The fourth-order valence-corrected chi connectivity index (χ4v) is 1.61. The van der Waals surface area contributed by atoms with Gasteiger partial charge in [-0.15, -0.1) is 0 Å². The summed E-state index contributed by atoms with van der Waals surface area (Å²) in [5.41, 5.74) is 0.0704. The first-order valence-electron chi connectivity index (χ1n) is 5.68. The third kappa shape index (κ3) is 3.57. The molecule has 0 spiro atoms. The van der Waals surface area contributed by atoms with Crippen molar-refractivity contribution in [2.24, 2.45) is 7.05 Å². The number of rotatable bonds is 4. The van der Waals surface area contributed by atoms with Gasteiger partial charge in [0.1, 0.15) is 12.4 Å². The van der Waals surface area contributed by atoms with E-state index in [1.807, 2.05) is 30.3 Å². The molecule has 0 aliphatic rings. The number of hydrogen-bond acceptors (Lipinski definition) is 2. The molecule has 0 aliphatic heterocycles. The molecule has 6 heteroatoms. The Morgan fingerprint density at radius 2 is 1.84 bits per heavy atom. The highest BCUT2D eigenvalue weighted by molar-refractivity contribution is 5.13. The molecule has 2 rings (SSSR count). The molecule has 0 saturated heterocycles. The topological polar surface area (TPSA) is 27.1 Å². The van der Waals surface area contributed by atoms with E-state index in [0.29, 0.717) is 6.61 Å². The molecule has 0 unspecified atom stereocenters. The Bertz CT molecular complexity index is 535. The molecule has 0 bridgehead atoms. The summed E-state index contributed by atoms with van der Waals surface area (Å²) in [6.07, 6.45) is -3.46. The molecule has 102 valence electrons. The predicted molar refractivity (Wildman–Crippen MR) is 63.1 cm³/mol. The van der Waals surface area contributed by atoms with Crippen molar-refractivity contribution in [2.45, 2.75) is 19.4 Å². The van der Waals surface area contributed by atoms with Gasteiger partial charge in [0.15, 0.2) is 5.69 Å². The molecule has 1 aromatic carbocycles. The van der Waals surface area contributed by atoms with Gasteiger partial charge < -0.3 is 9.30 Å². The van der Waals surface area contributed by atoms with Gasteiger partial charge in [-0.3, -0.25) is 0 Å². The maximum Gasteiger partial charge on any atom is 0.434 e. The van der Waals surface area contributed by atoms with Crippen molar-refractivity contribution in [1.29, 1.82) is 0 Å². The van der Waals surface area contributed by atoms with Crippen LogP contribution in [0.3, 0.4) is 0 Å². The van der Waals surface area contributed by atoms with Gasteiger partial charge in [-0.05, 0) is 5.56 Å². The van der Waals surface area contributed by atoms with Crippen molar-refractivity contribution < 1.29 is 17.9 Å². The van der Waals surface area contributed by atoms with E-state index in [2.05, 4.69) is 4.98 Å². The van der Waals surface area contributed by atoms with Crippen molar-refractivity contribution in [3.8, 4) is 0 Å². The standard InChI is InChI=1S/C13H13F3N2O/c1-18-7-11(13(14,15)16)17-12(18)9-19-8-10-5-3-2-4-6-10/h2-7H,8-9H2,1H3. The number of benzene rings is 1. The summed E-state index contributed by atoms with van der Waals surface area (Å²) in [5, 5.41) is 0. The van der Waals surface area contributed by atoms with Crippen molar-refractivity contribution >= 4 is 0 Å². The lowest BCUT2D eigenvalue weighted by Crippen LogP contribution is -2.05. The molecule has 19 heavy (non-hydrogen) atoms. The fourth-order valence-electron chi connectivity index (χ4n) is 1.61. The molecule has 2 aromatic rings. The second-order valence-corrected chi connectivity index (χ2v) is 4.13. The van der Waals surface area contributed by atoms with Gasteiger partial charge in [-0.1, -0.05) is 30.3 Å². The van der Waals surface area contributed by atoms with Crippen molar-refractivity contribution in [3.63, 3.8) is 0 Å². The number of alkyl halides is 3. The lowest BCUT2D eigenvalue weighted by atomic mass is 10.2. The van der Waals surface area contributed by atoms with E-state index >= 15 is 0 Å². The Kier molecular flexibility index (Phi) is 3.90. The maximum atomic E-state index is 12.5. The van der Waals surface area contributed by atoms with Crippen LogP contribution in [-0.4, -0.2) is 9.55 Å². The summed E-state index contributed by atoms with van der Waals surface area (Å²) in [5.74, 6) is 0.253. The molecule has 1 heterocycles. The Morgan fingerprint density at radius 1 is 1.16 bits per heavy atom.